The highest BCUT2D eigenvalue weighted by Gasteiger charge is 2.04. The molecule has 0 atom stereocenters. The van der Waals surface area contributed by atoms with Crippen LogP contribution in [0, 0.1) is 0 Å². The molecular weight excluding hydrogens is 292 g/mol. The van der Waals surface area contributed by atoms with Crippen molar-refractivity contribution in [2.24, 2.45) is 0 Å². The van der Waals surface area contributed by atoms with Crippen LogP contribution in [0.1, 0.15) is 12.5 Å². The third kappa shape index (κ3) is 4.61. The van der Waals surface area contributed by atoms with Crippen molar-refractivity contribution in [1.29, 1.82) is 0 Å². The number of hydrogen-bond acceptors (Lipinski definition) is 5. The van der Waals surface area contributed by atoms with Crippen molar-refractivity contribution in [3.8, 4) is 0 Å². The molecule has 110 valence electrons. The number of aromatic nitrogens is 2. The van der Waals surface area contributed by atoms with Crippen LogP contribution in [0.5, 0.6) is 0 Å². The van der Waals surface area contributed by atoms with Gasteiger partial charge >= 0.3 is 6.09 Å². The van der Waals surface area contributed by atoms with Crippen molar-refractivity contribution < 1.29 is 9.53 Å². The smallest absolute Gasteiger partial charge is 0.412 e. The predicted octanol–water partition coefficient (Wildman–Crippen LogP) is 3.31. The van der Waals surface area contributed by atoms with Crippen molar-refractivity contribution in [2.45, 2.75) is 13.5 Å². The summed E-state index contributed by atoms with van der Waals surface area (Å²) in [5.74, 6) is 0.918. The zero-order valence-electron chi connectivity index (χ0n) is 11.5. The summed E-state index contributed by atoms with van der Waals surface area (Å²) in [4.78, 5) is 11.2. The summed E-state index contributed by atoms with van der Waals surface area (Å²) < 4.78 is 4.75. The van der Waals surface area contributed by atoms with Crippen LogP contribution in [0.4, 0.5) is 16.4 Å². The lowest BCUT2D eigenvalue weighted by Gasteiger charge is -2.07. The van der Waals surface area contributed by atoms with Gasteiger partial charge in [0, 0.05) is 11.6 Å². The normalized spacial score (nSPS) is 10.0. The van der Waals surface area contributed by atoms with Crippen molar-refractivity contribution in [3.05, 3.63) is 47.0 Å². The number of nitrogens with one attached hydrogen (secondary N) is 2. The molecule has 2 N–H and O–H groups in total. The molecule has 2 rings (SSSR count). The second-order valence-corrected chi connectivity index (χ2v) is 4.50. The molecule has 0 saturated heterocycles. The zero-order valence-corrected chi connectivity index (χ0v) is 12.2. The van der Waals surface area contributed by atoms with E-state index < -0.39 is 6.09 Å². The summed E-state index contributed by atoms with van der Waals surface area (Å²) in [6.45, 7) is 2.57. The Morgan fingerprint density at radius 1 is 1.19 bits per heavy atom. The number of benzene rings is 1. The Morgan fingerprint density at radius 3 is 2.57 bits per heavy atom. The number of nitrogens with zero attached hydrogens (tertiary/aromatic N) is 2. The number of halogens is 1. The number of carbonyl (C=O) groups is 1. The maximum absolute atomic E-state index is 11.2. The quantitative estimate of drug-likeness (QED) is 0.886. The lowest BCUT2D eigenvalue weighted by molar-refractivity contribution is 0.168. The fourth-order valence-electron chi connectivity index (χ4n) is 1.59. The number of carbonyl (C=O) groups excluding carboxylic acids is 1. The Bertz CT molecular complexity index is 604. The first-order chi connectivity index (χ1) is 10.2. The molecule has 1 aromatic heterocycles. The van der Waals surface area contributed by atoms with Crippen LogP contribution >= 0.6 is 11.6 Å². The molecule has 0 fully saturated rings. The Labute approximate surface area is 127 Å². The molecule has 7 heteroatoms. The molecule has 1 aromatic carbocycles. The van der Waals surface area contributed by atoms with E-state index in [1.807, 2.05) is 24.3 Å². The maximum Gasteiger partial charge on any atom is 0.412 e. The van der Waals surface area contributed by atoms with Gasteiger partial charge in [0.15, 0.2) is 5.82 Å². The minimum atomic E-state index is -0.552. The second-order valence-electron chi connectivity index (χ2n) is 4.09. The molecule has 0 radical (unpaired) electrons. The Morgan fingerprint density at radius 2 is 1.90 bits per heavy atom. The molecule has 0 bridgehead atoms. The SMILES string of the molecule is CCOC(=O)Nc1ccc(NCc2ccccc2Cl)nn1. The van der Waals surface area contributed by atoms with E-state index in [4.69, 9.17) is 16.3 Å². The summed E-state index contributed by atoms with van der Waals surface area (Å²) in [5.41, 5.74) is 0.967. The monoisotopic (exact) mass is 306 g/mol. The van der Waals surface area contributed by atoms with Crippen LogP contribution in [0.2, 0.25) is 5.02 Å². The van der Waals surface area contributed by atoms with Crippen LogP contribution in [0.25, 0.3) is 0 Å². The van der Waals surface area contributed by atoms with Crippen LogP contribution in [-0.4, -0.2) is 22.9 Å². The molecule has 0 saturated carbocycles. The molecular formula is C14H15ClN4O2. The van der Waals surface area contributed by atoms with Gasteiger partial charge in [-0.25, -0.2) is 4.79 Å². The highest BCUT2D eigenvalue weighted by molar-refractivity contribution is 6.31. The van der Waals surface area contributed by atoms with Crippen molar-refractivity contribution in [1.82, 2.24) is 10.2 Å². The Hall–Kier alpha value is -2.34. The molecule has 21 heavy (non-hydrogen) atoms. The van der Waals surface area contributed by atoms with Gasteiger partial charge in [-0.1, -0.05) is 29.8 Å². The van der Waals surface area contributed by atoms with Crippen LogP contribution in [-0.2, 0) is 11.3 Å². The highest BCUT2D eigenvalue weighted by atomic mass is 35.5. The van der Waals surface area contributed by atoms with Gasteiger partial charge in [0.1, 0.15) is 5.82 Å². The second kappa shape index (κ2) is 7.44. The van der Waals surface area contributed by atoms with E-state index in [0.717, 1.165) is 5.56 Å². The number of amides is 1. The third-order valence-electron chi connectivity index (χ3n) is 2.59. The summed E-state index contributed by atoms with van der Waals surface area (Å²) >= 11 is 6.07. The van der Waals surface area contributed by atoms with E-state index in [1.165, 1.54) is 0 Å². The van der Waals surface area contributed by atoms with Crippen LogP contribution in [0.15, 0.2) is 36.4 Å². The maximum atomic E-state index is 11.2. The lowest BCUT2D eigenvalue weighted by Crippen LogP contribution is -2.14. The summed E-state index contributed by atoms with van der Waals surface area (Å²) in [7, 11) is 0. The van der Waals surface area contributed by atoms with Gasteiger partial charge in [-0.15, -0.1) is 10.2 Å². The third-order valence-corrected chi connectivity index (χ3v) is 2.96. The van der Waals surface area contributed by atoms with Gasteiger partial charge in [-0.2, -0.15) is 0 Å². The summed E-state index contributed by atoms with van der Waals surface area (Å²) in [5, 5.41) is 14.1. The Balaban J connectivity index is 1.91. The Kier molecular flexibility index (Phi) is 5.34. The van der Waals surface area contributed by atoms with Gasteiger partial charge < -0.3 is 10.1 Å². The van der Waals surface area contributed by atoms with Crippen LogP contribution < -0.4 is 10.6 Å². The van der Waals surface area contributed by atoms with E-state index in [0.29, 0.717) is 29.8 Å². The molecule has 0 aliphatic rings. The molecule has 6 nitrogen and oxygen atoms in total. The van der Waals surface area contributed by atoms with E-state index in [9.17, 15) is 4.79 Å². The summed E-state index contributed by atoms with van der Waals surface area (Å²) in [6, 6.07) is 10.9. The van der Waals surface area contributed by atoms with Crippen LogP contribution in [0.3, 0.4) is 0 Å². The van der Waals surface area contributed by atoms with E-state index >= 15 is 0 Å². The molecule has 1 heterocycles. The number of ether oxygens (including phenoxy) is 1. The van der Waals surface area contributed by atoms with Gasteiger partial charge in [-0.05, 0) is 30.7 Å². The first-order valence-electron chi connectivity index (χ1n) is 6.44. The van der Waals surface area contributed by atoms with Crippen molar-refractivity contribution in [3.63, 3.8) is 0 Å². The fraction of sp³-hybridized carbons (Fsp3) is 0.214. The van der Waals surface area contributed by atoms with Gasteiger partial charge in [0.05, 0.1) is 6.61 Å². The molecule has 0 unspecified atom stereocenters. The van der Waals surface area contributed by atoms with E-state index in [2.05, 4.69) is 20.8 Å². The molecule has 1 amide bonds. The topological polar surface area (TPSA) is 76.1 Å². The molecule has 0 spiro atoms. The molecule has 0 aliphatic heterocycles. The average molecular weight is 307 g/mol. The lowest BCUT2D eigenvalue weighted by atomic mass is 10.2. The largest absolute Gasteiger partial charge is 0.450 e. The number of rotatable bonds is 5. The number of hydrogen-bond donors (Lipinski definition) is 2. The molecule has 0 aliphatic carbocycles. The molecule has 2 aromatic rings. The summed E-state index contributed by atoms with van der Waals surface area (Å²) in [6.07, 6.45) is -0.552. The zero-order chi connectivity index (χ0) is 15.1. The predicted molar refractivity (Wildman–Crippen MR) is 81.5 cm³/mol. The number of anilines is 2. The average Bonchev–Trinajstić information content (AvgIpc) is 2.48. The fourth-order valence-corrected chi connectivity index (χ4v) is 1.80. The first kappa shape index (κ1) is 15.1. The van der Waals surface area contributed by atoms with Gasteiger partial charge in [0.25, 0.3) is 0 Å². The van der Waals surface area contributed by atoms with Crippen molar-refractivity contribution >= 4 is 29.3 Å². The van der Waals surface area contributed by atoms with Gasteiger partial charge in [0.2, 0.25) is 0 Å². The first-order valence-corrected chi connectivity index (χ1v) is 6.81. The van der Waals surface area contributed by atoms with Crippen molar-refractivity contribution in [2.75, 3.05) is 17.2 Å². The highest BCUT2D eigenvalue weighted by Crippen LogP contribution is 2.16. The minimum absolute atomic E-state index is 0.302. The standard InChI is InChI=1S/C14H15ClN4O2/c1-2-21-14(20)17-13-8-7-12(18-19-13)16-9-10-5-3-4-6-11(10)15/h3-8H,2,9H2,1H3,(H,16,18)(H,17,19,20). The van der Waals surface area contributed by atoms with E-state index in [1.54, 1.807) is 19.1 Å². The van der Waals surface area contributed by atoms with Gasteiger partial charge in [-0.3, -0.25) is 5.32 Å². The van der Waals surface area contributed by atoms with E-state index in [-0.39, 0.29) is 0 Å². The minimum Gasteiger partial charge on any atom is -0.450 e.